The fourth-order valence-corrected chi connectivity index (χ4v) is 4.21. The minimum Gasteiger partial charge on any atom is -0.229 e. The molecule has 0 fully saturated rings. The van der Waals surface area contributed by atoms with Crippen molar-refractivity contribution in [3.63, 3.8) is 0 Å². The van der Waals surface area contributed by atoms with Crippen LogP contribution < -0.4 is 0 Å². The van der Waals surface area contributed by atoms with Gasteiger partial charge in [-0.25, -0.2) is 14.6 Å². The molecule has 0 aliphatic carbocycles. The van der Waals surface area contributed by atoms with Gasteiger partial charge in [0, 0.05) is 15.8 Å². The highest BCUT2D eigenvalue weighted by Gasteiger charge is 2.13. The van der Waals surface area contributed by atoms with Crippen LogP contribution in [0.4, 0.5) is 0 Å². The Hall–Kier alpha value is -2.08. The minimum absolute atomic E-state index is 0.626. The Morgan fingerprint density at radius 2 is 1.68 bits per heavy atom. The molecule has 0 atom stereocenters. The molecule has 0 unspecified atom stereocenters. The lowest BCUT2D eigenvalue weighted by molar-refractivity contribution is 0.893. The second-order valence-electron chi connectivity index (χ2n) is 5.30. The van der Waals surface area contributed by atoms with Crippen molar-refractivity contribution in [3.8, 4) is 5.69 Å². The van der Waals surface area contributed by atoms with Gasteiger partial charge in [-0.3, -0.25) is 0 Å². The minimum atomic E-state index is 0.626. The summed E-state index contributed by atoms with van der Waals surface area (Å²) in [4.78, 5) is 8.79. The Morgan fingerprint density at radius 1 is 0.920 bits per heavy atom. The number of thioether (sulfide) groups is 1. The van der Waals surface area contributed by atoms with Crippen molar-refractivity contribution in [1.82, 2.24) is 19.7 Å². The van der Waals surface area contributed by atoms with E-state index < -0.39 is 0 Å². The normalized spacial score (nSPS) is 11.1. The van der Waals surface area contributed by atoms with Crippen LogP contribution in [0.2, 0.25) is 10.0 Å². The van der Waals surface area contributed by atoms with Gasteiger partial charge in [0.25, 0.3) is 0 Å². The van der Waals surface area contributed by atoms with Crippen LogP contribution in [0, 0.1) is 0 Å². The SMILES string of the molecule is Clc1cccc(Cl)c1CSc1ncnc2c1cnn2-c1ccccc1. The van der Waals surface area contributed by atoms with Gasteiger partial charge < -0.3 is 0 Å². The molecule has 0 saturated carbocycles. The highest BCUT2D eigenvalue weighted by atomic mass is 35.5. The summed E-state index contributed by atoms with van der Waals surface area (Å²) in [7, 11) is 0. The maximum atomic E-state index is 6.25. The third-order valence-electron chi connectivity index (χ3n) is 3.74. The number of rotatable bonds is 4. The second kappa shape index (κ2) is 7.04. The molecule has 2 heterocycles. The van der Waals surface area contributed by atoms with Crippen molar-refractivity contribution < 1.29 is 0 Å². The summed E-state index contributed by atoms with van der Waals surface area (Å²) in [5.41, 5.74) is 2.63. The van der Waals surface area contributed by atoms with Crippen LogP contribution in [0.25, 0.3) is 16.7 Å². The summed E-state index contributed by atoms with van der Waals surface area (Å²) in [5.74, 6) is 0.626. The van der Waals surface area contributed by atoms with Crippen LogP contribution in [0.15, 0.2) is 66.1 Å². The first-order valence-corrected chi connectivity index (χ1v) is 9.28. The first kappa shape index (κ1) is 16.4. The van der Waals surface area contributed by atoms with E-state index in [0.717, 1.165) is 27.3 Å². The smallest absolute Gasteiger partial charge is 0.167 e. The van der Waals surface area contributed by atoms with Crippen LogP contribution in [0.1, 0.15) is 5.56 Å². The first-order chi connectivity index (χ1) is 12.2. The average Bonchev–Trinajstić information content (AvgIpc) is 3.07. The second-order valence-corrected chi connectivity index (χ2v) is 7.08. The maximum Gasteiger partial charge on any atom is 0.167 e. The van der Waals surface area contributed by atoms with Gasteiger partial charge >= 0.3 is 0 Å². The molecule has 4 rings (SSSR count). The number of benzene rings is 2. The molecule has 25 heavy (non-hydrogen) atoms. The van der Waals surface area contributed by atoms with E-state index in [4.69, 9.17) is 23.2 Å². The quantitative estimate of drug-likeness (QED) is 0.347. The van der Waals surface area contributed by atoms with E-state index in [2.05, 4.69) is 15.1 Å². The molecule has 7 heteroatoms. The van der Waals surface area contributed by atoms with Crippen molar-refractivity contribution >= 4 is 46.0 Å². The van der Waals surface area contributed by atoms with Crippen LogP contribution in [-0.2, 0) is 5.75 Å². The van der Waals surface area contributed by atoms with Crippen molar-refractivity contribution in [1.29, 1.82) is 0 Å². The Kier molecular flexibility index (Phi) is 4.61. The van der Waals surface area contributed by atoms with Crippen molar-refractivity contribution in [2.75, 3.05) is 0 Å². The predicted molar refractivity (Wildman–Crippen MR) is 103 cm³/mol. The van der Waals surface area contributed by atoms with Crippen LogP contribution >= 0.6 is 35.0 Å². The summed E-state index contributed by atoms with van der Waals surface area (Å²) in [5, 5.41) is 7.53. The summed E-state index contributed by atoms with van der Waals surface area (Å²) >= 11 is 14.1. The lowest BCUT2D eigenvalue weighted by Crippen LogP contribution is -1.97. The number of fused-ring (bicyclic) bond motifs is 1. The fraction of sp³-hybridized carbons (Fsp3) is 0.0556. The zero-order chi connectivity index (χ0) is 17.2. The lowest BCUT2D eigenvalue weighted by Gasteiger charge is -2.07. The number of halogens is 2. The Bertz CT molecular complexity index is 1010. The standard InChI is InChI=1S/C18H12Cl2N4S/c19-15-7-4-8-16(20)14(15)10-25-18-13-9-23-24(17(13)21-11-22-18)12-5-2-1-3-6-12/h1-9,11H,10H2. The monoisotopic (exact) mass is 386 g/mol. The van der Waals surface area contributed by atoms with Gasteiger partial charge in [0.05, 0.1) is 17.3 Å². The number of hydrogen-bond donors (Lipinski definition) is 0. The molecule has 2 aromatic heterocycles. The van der Waals surface area contributed by atoms with E-state index in [1.54, 1.807) is 24.3 Å². The van der Waals surface area contributed by atoms with Gasteiger partial charge in [0.2, 0.25) is 0 Å². The molecule has 0 aliphatic rings. The molecule has 0 radical (unpaired) electrons. The average molecular weight is 387 g/mol. The molecule has 0 bridgehead atoms. The third kappa shape index (κ3) is 3.23. The molecular formula is C18H12Cl2N4S. The number of hydrogen-bond acceptors (Lipinski definition) is 4. The fourth-order valence-electron chi connectivity index (χ4n) is 2.51. The van der Waals surface area contributed by atoms with Crippen molar-refractivity contribution in [3.05, 3.63) is 76.7 Å². The van der Waals surface area contributed by atoms with Crippen LogP contribution in [-0.4, -0.2) is 19.7 Å². The Morgan fingerprint density at radius 3 is 2.44 bits per heavy atom. The van der Waals surface area contributed by atoms with E-state index >= 15 is 0 Å². The van der Waals surface area contributed by atoms with Crippen molar-refractivity contribution in [2.45, 2.75) is 10.8 Å². The molecule has 0 saturated heterocycles. The van der Waals surface area contributed by atoms with E-state index in [1.165, 1.54) is 0 Å². The molecular weight excluding hydrogens is 375 g/mol. The topological polar surface area (TPSA) is 43.6 Å². The van der Waals surface area contributed by atoms with E-state index in [0.29, 0.717) is 15.8 Å². The molecule has 0 amide bonds. The molecule has 0 aliphatic heterocycles. The van der Waals surface area contributed by atoms with Crippen LogP contribution in [0.3, 0.4) is 0 Å². The lowest BCUT2D eigenvalue weighted by atomic mass is 10.2. The Labute approximate surface area is 158 Å². The summed E-state index contributed by atoms with van der Waals surface area (Å²) in [6.45, 7) is 0. The van der Waals surface area contributed by atoms with E-state index in [9.17, 15) is 0 Å². The largest absolute Gasteiger partial charge is 0.229 e. The molecule has 0 spiro atoms. The first-order valence-electron chi connectivity index (χ1n) is 7.54. The number of para-hydroxylation sites is 1. The van der Waals surface area contributed by atoms with Gasteiger partial charge in [-0.1, -0.05) is 47.5 Å². The van der Waals surface area contributed by atoms with Gasteiger partial charge in [-0.15, -0.1) is 11.8 Å². The predicted octanol–water partition coefficient (Wildman–Crippen LogP) is 5.41. The highest BCUT2D eigenvalue weighted by molar-refractivity contribution is 7.98. The number of nitrogens with zero attached hydrogens (tertiary/aromatic N) is 4. The maximum absolute atomic E-state index is 6.25. The zero-order valence-corrected chi connectivity index (χ0v) is 15.3. The molecule has 4 nitrogen and oxygen atoms in total. The van der Waals surface area contributed by atoms with E-state index in [-0.39, 0.29) is 0 Å². The highest BCUT2D eigenvalue weighted by Crippen LogP contribution is 2.33. The zero-order valence-electron chi connectivity index (χ0n) is 12.9. The van der Waals surface area contributed by atoms with E-state index in [1.807, 2.05) is 53.2 Å². The summed E-state index contributed by atoms with van der Waals surface area (Å²) in [6.07, 6.45) is 3.35. The van der Waals surface area contributed by atoms with Crippen molar-refractivity contribution in [2.24, 2.45) is 0 Å². The van der Waals surface area contributed by atoms with Gasteiger partial charge in [0.1, 0.15) is 11.4 Å². The molecule has 0 N–H and O–H groups in total. The van der Waals surface area contributed by atoms with Gasteiger partial charge in [-0.05, 0) is 29.8 Å². The number of aromatic nitrogens is 4. The molecule has 2 aromatic carbocycles. The summed E-state index contributed by atoms with van der Waals surface area (Å²) in [6, 6.07) is 15.4. The molecule has 124 valence electrons. The van der Waals surface area contributed by atoms with Crippen LogP contribution in [0.5, 0.6) is 0 Å². The third-order valence-corrected chi connectivity index (χ3v) is 5.48. The Balaban J connectivity index is 1.68. The van der Waals surface area contributed by atoms with Gasteiger partial charge in [-0.2, -0.15) is 5.10 Å². The van der Waals surface area contributed by atoms with Gasteiger partial charge in [0.15, 0.2) is 5.65 Å². The summed E-state index contributed by atoms with van der Waals surface area (Å²) < 4.78 is 1.81. The molecule has 4 aromatic rings.